The molecule has 0 bridgehead atoms. The lowest BCUT2D eigenvalue weighted by molar-refractivity contribution is 0.145. The first kappa shape index (κ1) is 12.8. The minimum absolute atomic E-state index is 0.0838. The average molecular weight is 291 g/mol. The van der Waals surface area contributed by atoms with Crippen molar-refractivity contribution in [1.29, 1.82) is 5.26 Å². The molecule has 3 nitrogen and oxygen atoms in total. The number of aromatic nitrogens is 1. The van der Waals surface area contributed by atoms with E-state index in [1.54, 1.807) is 0 Å². The molecular formula is C10H9BrF2N2O. The Hall–Kier alpha value is -1.22. The smallest absolute Gasteiger partial charge is 0.269 e. The van der Waals surface area contributed by atoms with Gasteiger partial charge in [0.15, 0.2) is 0 Å². The number of nitrogens with zero attached hydrogens (tertiary/aromatic N) is 2. The van der Waals surface area contributed by atoms with Crippen molar-refractivity contribution in [3.8, 4) is 11.9 Å². The average Bonchev–Trinajstić information content (AvgIpc) is 2.28. The maximum atomic E-state index is 12.9. The van der Waals surface area contributed by atoms with Gasteiger partial charge in [-0.05, 0) is 11.1 Å². The molecule has 0 unspecified atom stereocenters. The normalized spacial score (nSPS) is 10.2. The fourth-order valence-electron chi connectivity index (χ4n) is 1.38. The van der Waals surface area contributed by atoms with E-state index in [2.05, 4.69) is 20.9 Å². The van der Waals surface area contributed by atoms with E-state index in [0.717, 1.165) is 0 Å². The Bertz CT molecular complexity index is 418. The van der Waals surface area contributed by atoms with Crippen LogP contribution in [0.3, 0.4) is 0 Å². The minimum atomic E-state index is -2.70. The van der Waals surface area contributed by atoms with Gasteiger partial charge < -0.3 is 4.74 Å². The molecule has 0 aliphatic carbocycles. The van der Waals surface area contributed by atoms with Crippen LogP contribution in [0, 0.1) is 11.3 Å². The fraction of sp³-hybridized carbons (Fsp3) is 0.400. The van der Waals surface area contributed by atoms with Gasteiger partial charge >= 0.3 is 0 Å². The molecule has 0 fully saturated rings. The predicted octanol–water partition coefficient (Wildman–Crippen LogP) is 2.99. The fourth-order valence-corrected chi connectivity index (χ4v) is 1.86. The molecule has 0 radical (unpaired) electrons. The molecular weight excluding hydrogens is 282 g/mol. The third-order valence-corrected chi connectivity index (χ3v) is 2.70. The molecule has 0 saturated carbocycles. The van der Waals surface area contributed by atoms with Gasteiger partial charge in [-0.25, -0.2) is 13.8 Å². The monoisotopic (exact) mass is 290 g/mol. The molecule has 0 atom stereocenters. The maximum absolute atomic E-state index is 12.9. The maximum Gasteiger partial charge on any atom is 0.269 e. The second-order valence-corrected chi connectivity index (χ2v) is 3.51. The molecule has 1 heterocycles. The topological polar surface area (TPSA) is 45.9 Å². The van der Waals surface area contributed by atoms with Crippen LogP contribution < -0.4 is 4.74 Å². The van der Waals surface area contributed by atoms with E-state index in [0.29, 0.717) is 16.5 Å². The molecule has 0 aromatic carbocycles. The molecule has 0 spiro atoms. The summed E-state index contributed by atoms with van der Waals surface area (Å²) in [6.07, 6.45) is -1.35. The van der Waals surface area contributed by atoms with Crippen molar-refractivity contribution in [3.05, 3.63) is 22.9 Å². The van der Waals surface area contributed by atoms with Crippen LogP contribution in [0.25, 0.3) is 0 Å². The van der Waals surface area contributed by atoms with E-state index < -0.39 is 6.43 Å². The summed E-state index contributed by atoms with van der Waals surface area (Å²) in [6, 6.07) is 1.87. The van der Waals surface area contributed by atoms with E-state index >= 15 is 0 Å². The third kappa shape index (κ3) is 2.47. The molecule has 86 valence electrons. The van der Waals surface area contributed by atoms with Gasteiger partial charge in [0.2, 0.25) is 5.88 Å². The zero-order valence-corrected chi connectivity index (χ0v) is 10.1. The van der Waals surface area contributed by atoms with Crippen LogP contribution in [0.4, 0.5) is 8.78 Å². The van der Waals surface area contributed by atoms with Gasteiger partial charge in [0.25, 0.3) is 6.43 Å². The Morgan fingerprint density at radius 2 is 2.31 bits per heavy atom. The van der Waals surface area contributed by atoms with Crippen molar-refractivity contribution in [3.63, 3.8) is 0 Å². The number of methoxy groups -OCH3 is 1. The Balaban J connectivity index is 3.41. The first-order valence-electron chi connectivity index (χ1n) is 4.41. The van der Waals surface area contributed by atoms with Crippen molar-refractivity contribution in [2.45, 2.75) is 18.2 Å². The second kappa shape index (κ2) is 5.75. The Morgan fingerprint density at radius 3 is 2.75 bits per heavy atom. The van der Waals surface area contributed by atoms with Crippen LogP contribution in [-0.2, 0) is 11.8 Å². The molecule has 1 aromatic rings. The summed E-state index contributed by atoms with van der Waals surface area (Å²) in [6.45, 7) is 0. The summed E-state index contributed by atoms with van der Waals surface area (Å²) in [4.78, 5) is 3.79. The lowest BCUT2D eigenvalue weighted by Crippen LogP contribution is -2.04. The van der Waals surface area contributed by atoms with Gasteiger partial charge in [-0.1, -0.05) is 15.9 Å². The standard InChI is InChI=1S/C10H9BrF2N2O/c1-16-10-8(9(12)13)7(2-3-14)6(4-11)5-15-10/h5,9H,2,4H2,1H3. The van der Waals surface area contributed by atoms with E-state index in [4.69, 9.17) is 10.00 Å². The van der Waals surface area contributed by atoms with Crippen molar-refractivity contribution in [2.24, 2.45) is 0 Å². The number of hydrogen-bond acceptors (Lipinski definition) is 3. The quantitative estimate of drug-likeness (QED) is 0.801. The van der Waals surface area contributed by atoms with Gasteiger partial charge in [0, 0.05) is 11.5 Å². The minimum Gasteiger partial charge on any atom is -0.481 e. The molecule has 0 aliphatic heterocycles. The highest BCUT2D eigenvalue weighted by Gasteiger charge is 2.22. The molecule has 16 heavy (non-hydrogen) atoms. The van der Waals surface area contributed by atoms with E-state index in [-0.39, 0.29) is 17.9 Å². The Labute approximate surface area is 100 Å². The first-order chi connectivity index (χ1) is 7.65. The molecule has 1 rings (SSSR count). The largest absolute Gasteiger partial charge is 0.481 e. The number of nitriles is 1. The van der Waals surface area contributed by atoms with E-state index in [1.165, 1.54) is 13.3 Å². The lowest BCUT2D eigenvalue weighted by atomic mass is 10.0. The SMILES string of the molecule is COc1ncc(CBr)c(CC#N)c1C(F)F. The van der Waals surface area contributed by atoms with E-state index in [9.17, 15) is 8.78 Å². The van der Waals surface area contributed by atoms with Crippen LogP contribution in [0.15, 0.2) is 6.20 Å². The van der Waals surface area contributed by atoms with Crippen LogP contribution in [-0.4, -0.2) is 12.1 Å². The highest BCUT2D eigenvalue weighted by molar-refractivity contribution is 9.08. The molecule has 0 saturated heterocycles. The van der Waals surface area contributed by atoms with Gasteiger partial charge in [-0.3, -0.25) is 0 Å². The number of hydrogen-bond donors (Lipinski definition) is 0. The van der Waals surface area contributed by atoms with Gasteiger partial charge in [0.1, 0.15) is 0 Å². The van der Waals surface area contributed by atoms with Crippen LogP contribution in [0.5, 0.6) is 5.88 Å². The third-order valence-electron chi connectivity index (χ3n) is 2.09. The summed E-state index contributed by atoms with van der Waals surface area (Å²) >= 11 is 3.17. The summed E-state index contributed by atoms with van der Waals surface area (Å²) in [5.74, 6) is -0.120. The summed E-state index contributed by atoms with van der Waals surface area (Å²) in [7, 11) is 1.28. The summed E-state index contributed by atoms with van der Waals surface area (Å²) < 4.78 is 30.5. The van der Waals surface area contributed by atoms with Gasteiger partial charge in [-0.15, -0.1) is 0 Å². The number of alkyl halides is 3. The summed E-state index contributed by atoms with van der Waals surface area (Å²) in [5, 5.41) is 9.01. The van der Waals surface area contributed by atoms with Gasteiger partial charge in [-0.2, -0.15) is 5.26 Å². The molecule has 0 N–H and O–H groups in total. The van der Waals surface area contributed by atoms with Crippen molar-refractivity contribution < 1.29 is 13.5 Å². The highest BCUT2D eigenvalue weighted by atomic mass is 79.9. The molecule has 6 heteroatoms. The highest BCUT2D eigenvalue weighted by Crippen LogP contribution is 2.33. The number of rotatable bonds is 4. The Kier molecular flexibility index (Phi) is 4.62. The number of ether oxygens (including phenoxy) is 1. The van der Waals surface area contributed by atoms with Crippen molar-refractivity contribution in [1.82, 2.24) is 4.98 Å². The summed E-state index contributed by atoms with van der Waals surface area (Å²) in [5.41, 5.74) is 0.583. The molecule has 0 amide bonds. The zero-order valence-electron chi connectivity index (χ0n) is 8.51. The van der Waals surface area contributed by atoms with Crippen LogP contribution in [0.1, 0.15) is 23.1 Å². The lowest BCUT2D eigenvalue weighted by Gasteiger charge is -2.13. The zero-order chi connectivity index (χ0) is 12.1. The first-order valence-corrected chi connectivity index (χ1v) is 5.53. The van der Waals surface area contributed by atoms with E-state index in [1.807, 2.05) is 6.07 Å². The number of halogens is 3. The Morgan fingerprint density at radius 1 is 1.62 bits per heavy atom. The van der Waals surface area contributed by atoms with Crippen molar-refractivity contribution in [2.75, 3.05) is 7.11 Å². The van der Waals surface area contributed by atoms with Crippen LogP contribution >= 0.6 is 15.9 Å². The molecule has 1 aromatic heterocycles. The number of pyridine rings is 1. The molecule has 0 aliphatic rings. The van der Waals surface area contributed by atoms with Crippen molar-refractivity contribution >= 4 is 15.9 Å². The van der Waals surface area contributed by atoms with Crippen LogP contribution in [0.2, 0.25) is 0 Å². The predicted molar refractivity (Wildman–Crippen MR) is 57.7 cm³/mol. The second-order valence-electron chi connectivity index (χ2n) is 2.95. The van der Waals surface area contributed by atoms with Gasteiger partial charge in [0.05, 0.1) is 25.2 Å².